The van der Waals surface area contributed by atoms with Gasteiger partial charge in [-0.15, -0.1) is 0 Å². The molecule has 30 heavy (non-hydrogen) atoms. The van der Waals surface area contributed by atoms with E-state index in [0.717, 1.165) is 0 Å². The molecule has 2 aromatic rings. The lowest BCUT2D eigenvalue weighted by atomic mass is 9.99. The average Bonchev–Trinajstić information content (AvgIpc) is 3.05. The Morgan fingerprint density at radius 3 is 2.53 bits per heavy atom. The summed E-state index contributed by atoms with van der Waals surface area (Å²) in [4.78, 5) is 36.1. The highest BCUT2D eigenvalue weighted by Crippen LogP contribution is 2.33. The molecule has 1 amide bonds. The van der Waals surface area contributed by atoms with Crippen molar-refractivity contribution in [3.63, 3.8) is 0 Å². The number of fused-ring (bicyclic) bond motifs is 1. The molecule has 1 heterocycles. The summed E-state index contributed by atoms with van der Waals surface area (Å²) in [6.07, 6.45) is 1.14. The Labute approximate surface area is 173 Å². The van der Waals surface area contributed by atoms with Crippen LogP contribution in [0.1, 0.15) is 33.3 Å². The molecule has 0 aliphatic heterocycles. The summed E-state index contributed by atoms with van der Waals surface area (Å²) in [6, 6.07) is 3.44. The van der Waals surface area contributed by atoms with E-state index in [1.54, 1.807) is 45.9 Å². The number of carbonyl (C=O) groups is 3. The van der Waals surface area contributed by atoms with Crippen molar-refractivity contribution >= 4 is 34.9 Å². The van der Waals surface area contributed by atoms with Gasteiger partial charge in [-0.2, -0.15) is 0 Å². The molecule has 2 rings (SSSR count). The Morgan fingerprint density at radius 2 is 2.00 bits per heavy atom. The number of halogens is 1. The quantitative estimate of drug-likeness (QED) is 0.545. The first-order chi connectivity index (χ1) is 14.2. The van der Waals surface area contributed by atoms with Crippen molar-refractivity contribution in [2.45, 2.75) is 39.3 Å². The number of esters is 1. The molecule has 0 fully saturated rings. The lowest BCUT2D eigenvalue weighted by Crippen LogP contribution is -2.38. The number of amides is 1. The Hall–Kier alpha value is -3.36. The Kier molecular flexibility index (Phi) is 7.20. The summed E-state index contributed by atoms with van der Waals surface area (Å²) in [5, 5.41) is 2.69. The smallest absolute Gasteiger partial charge is 0.419 e. The minimum Gasteiger partial charge on any atom is -0.497 e. The van der Waals surface area contributed by atoms with Crippen LogP contribution in [0, 0.1) is 0 Å². The lowest BCUT2D eigenvalue weighted by molar-refractivity contribution is -0.144. The standard InChI is InChI=1S/C21H25FN2O6/c1-6-29-19(26)18(23-12-25)15(10-22)16-11-24(20(27)30-21(2,3)4)17-8-7-13(28-5)9-14(16)17/h7-12,18H,6H2,1-5H3,(H,23,25). The number of carbonyl (C=O) groups excluding carboxylic acids is 3. The van der Waals surface area contributed by atoms with Gasteiger partial charge in [0, 0.05) is 22.7 Å². The van der Waals surface area contributed by atoms with Gasteiger partial charge in [0.25, 0.3) is 0 Å². The van der Waals surface area contributed by atoms with Gasteiger partial charge in [0.15, 0.2) is 6.04 Å². The molecule has 8 nitrogen and oxygen atoms in total. The van der Waals surface area contributed by atoms with Crippen LogP contribution in [0.25, 0.3) is 16.5 Å². The molecule has 1 N–H and O–H groups in total. The van der Waals surface area contributed by atoms with E-state index >= 15 is 0 Å². The van der Waals surface area contributed by atoms with E-state index in [1.165, 1.54) is 17.9 Å². The van der Waals surface area contributed by atoms with Crippen molar-refractivity contribution in [3.05, 3.63) is 36.3 Å². The maximum absolute atomic E-state index is 14.0. The summed E-state index contributed by atoms with van der Waals surface area (Å²) in [7, 11) is 1.47. The minimum absolute atomic E-state index is 0.0446. The van der Waals surface area contributed by atoms with Crippen LogP contribution >= 0.6 is 0 Å². The third kappa shape index (κ3) is 4.97. The number of hydrogen-bond donors (Lipinski definition) is 1. The fourth-order valence-corrected chi connectivity index (χ4v) is 2.88. The highest BCUT2D eigenvalue weighted by Gasteiger charge is 2.29. The number of rotatable bonds is 7. The van der Waals surface area contributed by atoms with Crippen LogP contribution in [0.15, 0.2) is 30.7 Å². The number of ether oxygens (including phenoxy) is 3. The molecule has 0 radical (unpaired) electrons. The van der Waals surface area contributed by atoms with Crippen LogP contribution in [0.2, 0.25) is 0 Å². The van der Waals surface area contributed by atoms with Crippen LogP contribution in [-0.2, 0) is 19.1 Å². The normalized spacial score (nSPS) is 12.9. The van der Waals surface area contributed by atoms with Gasteiger partial charge in [-0.25, -0.2) is 14.0 Å². The van der Waals surface area contributed by atoms with Crippen LogP contribution in [0.4, 0.5) is 9.18 Å². The van der Waals surface area contributed by atoms with Crippen molar-refractivity contribution in [1.82, 2.24) is 9.88 Å². The third-order valence-corrected chi connectivity index (χ3v) is 4.10. The number of benzene rings is 1. The second-order valence-corrected chi connectivity index (χ2v) is 7.31. The van der Waals surface area contributed by atoms with Gasteiger partial charge in [-0.05, 0) is 45.9 Å². The van der Waals surface area contributed by atoms with Crippen LogP contribution in [0.3, 0.4) is 0 Å². The highest BCUT2D eigenvalue weighted by atomic mass is 19.1. The largest absolute Gasteiger partial charge is 0.497 e. The van der Waals surface area contributed by atoms with Crippen molar-refractivity contribution < 1.29 is 33.0 Å². The first-order valence-electron chi connectivity index (χ1n) is 9.26. The number of hydrogen-bond acceptors (Lipinski definition) is 6. The SMILES string of the molecule is CCOC(=O)C(NC=O)C(=CF)c1cn(C(=O)OC(C)(C)C)c2ccc(OC)cc12. The summed E-state index contributed by atoms with van der Waals surface area (Å²) in [5.41, 5.74) is -0.329. The van der Waals surface area contributed by atoms with E-state index in [2.05, 4.69) is 5.32 Å². The molecule has 0 aliphatic rings. The maximum atomic E-state index is 14.0. The van der Waals surface area contributed by atoms with Gasteiger partial charge in [0.2, 0.25) is 6.41 Å². The Balaban J connectivity index is 2.69. The predicted molar refractivity (Wildman–Crippen MR) is 109 cm³/mol. The zero-order valence-electron chi connectivity index (χ0n) is 17.5. The van der Waals surface area contributed by atoms with Crippen molar-refractivity contribution in [3.8, 4) is 5.75 Å². The van der Waals surface area contributed by atoms with Gasteiger partial charge in [0.05, 0.1) is 25.6 Å². The van der Waals surface area contributed by atoms with E-state index < -0.39 is 23.7 Å². The molecular formula is C21H25FN2O6. The monoisotopic (exact) mass is 420 g/mol. The Morgan fingerprint density at radius 1 is 1.30 bits per heavy atom. The number of aromatic nitrogens is 1. The fraction of sp³-hybridized carbons (Fsp3) is 0.381. The fourth-order valence-electron chi connectivity index (χ4n) is 2.88. The Bertz CT molecular complexity index is 974. The summed E-state index contributed by atoms with van der Waals surface area (Å²) >= 11 is 0. The molecule has 1 aromatic heterocycles. The first kappa shape index (κ1) is 22.9. The number of nitrogens with one attached hydrogen (secondary N) is 1. The van der Waals surface area contributed by atoms with Crippen molar-refractivity contribution in [2.24, 2.45) is 0 Å². The number of methoxy groups -OCH3 is 1. The molecule has 9 heteroatoms. The average molecular weight is 420 g/mol. The third-order valence-electron chi connectivity index (χ3n) is 4.10. The van der Waals surface area contributed by atoms with Gasteiger partial charge in [-0.1, -0.05) is 0 Å². The predicted octanol–water partition coefficient (Wildman–Crippen LogP) is 3.42. The summed E-state index contributed by atoms with van der Waals surface area (Å²) < 4.78 is 30.8. The summed E-state index contributed by atoms with van der Waals surface area (Å²) in [5.74, 6) is -0.380. The van der Waals surface area contributed by atoms with Crippen molar-refractivity contribution in [2.75, 3.05) is 13.7 Å². The zero-order valence-corrected chi connectivity index (χ0v) is 17.5. The molecule has 0 saturated heterocycles. The molecule has 1 unspecified atom stereocenters. The molecule has 162 valence electrons. The number of nitrogens with zero attached hydrogens (tertiary/aromatic N) is 1. The summed E-state index contributed by atoms with van der Waals surface area (Å²) in [6.45, 7) is 6.80. The molecule has 0 spiro atoms. The highest BCUT2D eigenvalue weighted by molar-refractivity contribution is 6.04. The van der Waals surface area contributed by atoms with E-state index in [1.807, 2.05) is 0 Å². The first-order valence-corrected chi connectivity index (χ1v) is 9.26. The van der Waals surface area contributed by atoms with E-state index in [0.29, 0.717) is 16.7 Å². The topological polar surface area (TPSA) is 95.9 Å². The van der Waals surface area contributed by atoms with Crippen LogP contribution in [-0.4, -0.2) is 48.4 Å². The molecule has 0 aliphatic carbocycles. The molecule has 0 saturated carbocycles. The molecule has 1 aromatic carbocycles. The lowest BCUT2D eigenvalue weighted by Gasteiger charge is -2.19. The maximum Gasteiger partial charge on any atom is 0.419 e. The van der Waals surface area contributed by atoms with E-state index in [4.69, 9.17) is 14.2 Å². The second-order valence-electron chi connectivity index (χ2n) is 7.31. The molecular weight excluding hydrogens is 395 g/mol. The zero-order chi connectivity index (χ0) is 22.5. The van der Waals surface area contributed by atoms with Crippen LogP contribution < -0.4 is 10.1 Å². The van der Waals surface area contributed by atoms with Crippen LogP contribution in [0.5, 0.6) is 5.75 Å². The molecule has 0 bridgehead atoms. The van der Waals surface area contributed by atoms with Gasteiger partial charge in [-0.3, -0.25) is 9.36 Å². The van der Waals surface area contributed by atoms with Gasteiger partial charge in [0.1, 0.15) is 11.4 Å². The van der Waals surface area contributed by atoms with Crippen molar-refractivity contribution in [1.29, 1.82) is 0 Å². The molecule has 1 atom stereocenters. The van der Waals surface area contributed by atoms with E-state index in [9.17, 15) is 18.8 Å². The van der Waals surface area contributed by atoms with Gasteiger partial charge < -0.3 is 19.5 Å². The minimum atomic E-state index is -1.41. The van der Waals surface area contributed by atoms with E-state index in [-0.39, 0.29) is 30.5 Å². The van der Waals surface area contributed by atoms with Gasteiger partial charge >= 0.3 is 12.1 Å². The second kappa shape index (κ2) is 9.43.